The lowest BCUT2D eigenvalue weighted by atomic mass is 10.0. The molecule has 9 heteroatoms. The van der Waals surface area contributed by atoms with Crippen LogP contribution in [0.3, 0.4) is 0 Å². The van der Waals surface area contributed by atoms with E-state index in [1.807, 2.05) is 19.1 Å². The third kappa shape index (κ3) is 5.68. The second kappa shape index (κ2) is 10.5. The van der Waals surface area contributed by atoms with Gasteiger partial charge in [-0.25, -0.2) is 22.2 Å². The van der Waals surface area contributed by atoms with Crippen molar-refractivity contribution in [1.29, 1.82) is 0 Å². The molecule has 0 amide bonds. The summed E-state index contributed by atoms with van der Waals surface area (Å²) in [5.41, 5.74) is 2.54. The molecule has 2 aromatic carbocycles. The molecule has 0 aliphatic rings. The van der Waals surface area contributed by atoms with E-state index in [9.17, 15) is 17.2 Å². The van der Waals surface area contributed by atoms with Gasteiger partial charge >= 0.3 is 0 Å². The number of rotatable bonds is 8. The molecule has 0 spiro atoms. The monoisotopic (exact) mass is 511 g/mol. The van der Waals surface area contributed by atoms with Crippen molar-refractivity contribution in [2.24, 2.45) is 0 Å². The molecule has 0 aliphatic carbocycles. The Morgan fingerprint density at radius 3 is 2.37 bits per heavy atom. The fourth-order valence-corrected chi connectivity index (χ4v) is 6.21. The van der Waals surface area contributed by atoms with Crippen molar-refractivity contribution in [3.8, 4) is 0 Å². The number of pyridine rings is 2. The number of hydrogen-bond donors (Lipinski definition) is 1. The molecule has 0 saturated carbocycles. The summed E-state index contributed by atoms with van der Waals surface area (Å²) in [7, 11) is -4.14. The molecule has 2 heterocycles. The Morgan fingerprint density at radius 2 is 1.66 bits per heavy atom. The van der Waals surface area contributed by atoms with Crippen LogP contribution in [-0.4, -0.2) is 18.4 Å². The highest BCUT2D eigenvalue weighted by Crippen LogP contribution is 2.39. The van der Waals surface area contributed by atoms with Gasteiger partial charge in [0.2, 0.25) is 0 Å². The fraction of sp³-hybridized carbons (Fsp3) is 0.154. The quantitative estimate of drug-likeness (QED) is 0.284. The van der Waals surface area contributed by atoms with E-state index in [0.717, 1.165) is 29.3 Å². The maximum absolute atomic E-state index is 15.0. The Hall–Kier alpha value is -3.30. The molecule has 4 rings (SSSR count). The standard InChI is InChI=1S/C26H23F2N3O2S2/c1-17-3-6-21(7-4-17)35(32,33)26(23-13-20(27)5-8-24(23)28)22-14-25(30-15-18(22)2)31-34-16-19-9-11-29-12-10-19/h3-15,26H,16H2,1-2H3,(H,30,31). The normalized spacial score (nSPS) is 12.3. The van der Waals surface area contributed by atoms with Gasteiger partial charge in [0.15, 0.2) is 9.84 Å². The summed E-state index contributed by atoms with van der Waals surface area (Å²) >= 11 is 1.37. The van der Waals surface area contributed by atoms with Crippen molar-refractivity contribution >= 4 is 27.6 Å². The lowest BCUT2D eigenvalue weighted by molar-refractivity contribution is 0.569. The number of hydrogen-bond acceptors (Lipinski definition) is 6. The molecule has 5 nitrogen and oxygen atoms in total. The van der Waals surface area contributed by atoms with Crippen molar-refractivity contribution in [2.75, 3.05) is 4.72 Å². The van der Waals surface area contributed by atoms with Gasteiger partial charge in [0, 0.05) is 29.9 Å². The lowest BCUT2D eigenvalue weighted by Crippen LogP contribution is -2.18. The van der Waals surface area contributed by atoms with Crippen LogP contribution in [0.5, 0.6) is 0 Å². The van der Waals surface area contributed by atoms with E-state index in [4.69, 9.17) is 0 Å². The minimum absolute atomic E-state index is 0.0227. The zero-order valence-corrected chi connectivity index (χ0v) is 20.7. The molecule has 0 fully saturated rings. The summed E-state index contributed by atoms with van der Waals surface area (Å²) in [6.07, 6.45) is 4.93. The smallest absolute Gasteiger partial charge is 0.189 e. The van der Waals surface area contributed by atoms with Gasteiger partial charge in [-0.05, 0) is 91.0 Å². The first-order valence-electron chi connectivity index (χ1n) is 10.7. The third-order valence-electron chi connectivity index (χ3n) is 5.49. The number of anilines is 1. The predicted octanol–water partition coefficient (Wildman–Crippen LogP) is 6.20. The topological polar surface area (TPSA) is 72.0 Å². The maximum atomic E-state index is 15.0. The fourth-order valence-electron chi connectivity index (χ4n) is 3.63. The van der Waals surface area contributed by atoms with Crippen LogP contribution in [0.2, 0.25) is 0 Å². The first-order valence-corrected chi connectivity index (χ1v) is 13.3. The van der Waals surface area contributed by atoms with Crippen molar-refractivity contribution in [1.82, 2.24) is 9.97 Å². The van der Waals surface area contributed by atoms with Crippen LogP contribution < -0.4 is 4.72 Å². The molecular weight excluding hydrogens is 488 g/mol. The molecular formula is C26H23F2N3O2S2. The molecule has 0 radical (unpaired) electrons. The van der Waals surface area contributed by atoms with Gasteiger partial charge in [0.05, 0.1) is 4.90 Å². The van der Waals surface area contributed by atoms with Gasteiger partial charge in [-0.3, -0.25) is 4.98 Å². The third-order valence-corrected chi connectivity index (χ3v) is 8.38. The van der Waals surface area contributed by atoms with E-state index in [1.165, 1.54) is 30.3 Å². The van der Waals surface area contributed by atoms with Gasteiger partial charge in [-0.15, -0.1) is 0 Å². The number of nitrogens with zero attached hydrogens (tertiary/aromatic N) is 2. The number of aryl methyl sites for hydroxylation is 2. The number of aromatic nitrogens is 2. The van der Waals surface area contributed by atoms with Crippen molar-refractivity contribution < 1.29 is 17.2 Å². The molecule has 1 atom stereocenters. The minimum atomic E-state index is -4.14. The molecule has 0 bridgehead atoms. The van der Waals surface area contributed by atoms with Crippen LogP contribution in [0, 0.1) is 25.5 Å². The van der Waals surface area contributed by atoms with Crippen LogP contribution in [0.15, 0.2) is 84.1 Å². The van der Waals surface area contributed by atoms with Crippen LogP contribution in [-0.2, 0) is 15.6 Å². The van der Waals surface area contributed by atoms with Crippen molar-refractivity contribution in [2.45, 2.75) is 29.7 Å². The molecule has 0 saturated heterocycles. The zero-order chi connectivity index (χ0) is 25.0. The number of nitrogens with one attached hydrogen (secondary N) is 1. The summed E-state index contributed by atoms with van der Waals surface area (Å²) in [5.74, 6) is -0.490. The Morgan fingerprint density at radius 1 is 0.943 bits per heavy atom. The molecule has 35 heavy (non-hydrogen) atoms. The average Bonchev–Trinajstić information content (AvgIpc) is 2.84. The van der Waals surface area contributed by atoms with E-state index >= 15 is 0 Å². The second-order valence-electron chi connectivity index (χ2n) is 8.08. The number of benzene rings is 2. The molecule has 1 N–H and O–H groups in total. The maximum Gasteiger partial charge on any atom is 0.189 e. The first kappa shape index (κ1) is 24.8. The van der Waals surface area contributed by atoms with Gasteiger partial charge in [0.1, 0.15) is 22.7 Å². The minimum Gasteiger partial charge on any atom is -0.314 e. The summed E-state index contributed by atoms with van der Waals surface area (Å²) < 4.78 is 59.9. The van der Waals surface area contributed by atoms with Gasteiger partial charge in [0.25, 0.3) is 0 Å². The van der Waals surface area contributed by atoms with Crippen LogP contribution >= 0.6 is 11.9 Å². The lowest BCUT2D eigenvalue weighted by Gasteiger charge is -2.22. The van der Waals surface area contributed by atoms with Crippen LogP contribution in [0.25, 0.3) is 0 Å². The van der Waals surface area contributed by atoms with E-state index in [0.29, 0.717) is 22.7 Å². The van der Waals surface area contributed by atoms with Gasteiger partial charge in [-0.2, -0.15) is 0 Å². The number of halogens is 2. The summed E-state index contributed by atoms with van der Waals surface area (Å²) in [6.45, 7) is 3.54. The van der Waals surface area contributed by atoms with Gasteiger partial charge in [-0.1, -0.05) is 17.7 Å². The van der Waals surface area contributed by atoms with Gasteiger partial charge < -0.3 is 4.72 Å². The summed E-state index contributed by atoms with van der Waals surface area (Å²) in [6, 6.07) is 14.5. The van der Waals surface area contributed by atoms with E-state index in [-0.39, 0.29) is 10.5 Å². The highest BCUT2D eigenvalue weighted by molar-refractivity contribution is 7.99. The largest absolute Gasteiger partial charge is 0.314 e. The SMILES string of the molecule is Cc1ccc(S(=O)(=O)C(c2cc(NSCc3ccncc3)ncc2C)c2cc(F)ccc2F)cc1. The Balaban J connectivity index is 1.76. The van der Waals surface area contributed by atoms with E-state index in [1.54, 1.807) is 37.5 Å². The number of sulfone groups is 1. The Bertz CT molecular complexity index is 1430. The molecule has 2 aromatic heterocycles. The first-order chi connectivity index (χ1) is 16.8. The van der Waals surface area contributed by atoms with E-state index in [2.05, 4.69) is 14.7 Å². The molecule has 0 aliphatic heterocycles. The predicted molar refractivity (Wildman–Crippen MR) is 135 cm³/mol. The summed E-state index contributed by atoms with van der Waals surface area (Å²) in [4.78, 5) is 8.36. The molecule has 180 valence electrons. The van der Waals surface area contributed by atoms with Crippen molar-refractivity contribution in [3.05, 3.63) is 119 Å². The van der Waals surface area contributed by atoms with Crippen molar-refractivity contribution in [3.63, 3.8) is 0 Å². The second-order valence-corrected chi connectivity index (χ2v) is 10.9. The summed E-state index contributed by atoms with van der Waals surface area (Å²) in [5, 5.41) is -1.46. The van der Waals surface area contributed by atoms with Crippen LogP contribution in [0.1, 0.15) is 33.1 Å². The van der Waals surface area contributed by atoms with Crippen LogP contribution in [0.4, 0.5) is 14.6 Å². The highest BCUT2D eigenvalue weighted by Gasteiger charge is 2.34. The zero-order valence-electron chi connectivity index (χ0n) is 19.1. The molecule has 1 unspecified atom stereocenters. The average molecular weight is 512 g/mol. The molecule has 4 aromatic rings. The van der Waals surface area contributed by atoms with E-state index < -0.39 is 26.7 Å². The highest BCUT2D eigenvalue weighted by atomic mass is 32.2. The Kier molecular flexibility index (Phi) is 7.47. The Labute approximate surface area is 207 Å².